The Kier molecular flexibility index (Phi) is 7.66. The molecule has 0 aromatic heterocycles. The molecule has 1 N–H and O–H groups in total. The fourth-order valence-electron chi connectivity index (χ4n) is 1.55. The Labute approximate surface area is 98.9 Å². The Morgan fingerprint density at radius 2 is 2.00 bits per heavy atom. The molecule has 0 atom stereocenters. The molecule has 0 radical (unpaired) electrons. The van der Waals surface area contributed by atoms with E-state index in [1.807, 2.05) is 6.92 Å². The average Bonchev–Trinajstić information content (AvgIpc) is 2.31. The number of ether oxygens (including phenoxy) is 1. The predicted molar refractivity (Wildman–Crippen MR) is 66.0 cm³/mol. The van der Waals surface area contributed by atoms with Crippen LogP contribution in [0.1, 0.15) is 46.5 Å². The summed E-state index contributed by atoms with van der Waals surface area (Å²) in [7, 11) is 0. The highest BCUT2D eigenvalue weighted by Crippen LogP contribution is 2.13. The van der Waals surface area contributed by atoms with E-state index in [1.165, 1.54) is 0 Å². The summed E-state index contributed by atoms with van der Waals surface area (Å²) in [5.74, 6) is 2.67. The van der Waals surface area contributed by atoms with Crippen LogP contribution in [-0.4, -0.2) is 24.7 Å². The largest absolute Gasteiger partial charge is 0.466 e. The Bertz CT molecular complexity index is 239. The molecule has 0 amide bonds. The Balaban J connectivity index is 3.80. The Morgan fingerprint density at radius 1 is 1.38 bits per heavy atom. The number of nitrogens with one attached hydrogen (secondary N) is 1. The highest BCUT2D eigenvalue weighted by Gasteiger charge is 2.21. The molecule has 0 heterocycles. The summed E-state index contributed by atoms with van der Waals surface area (Å²) in [4.78, 5) is 11.1. The van der Waals surface area contributed by atoms with Gasteiger partial charge in [0.05, 0.1) is 12.1 Å². The van der Waals surface area contributed by atoms with Crippen molar-refractivity contribution in [2.45, 2.75) is 52.0 Å². The van der Waals surface area contributed by atoms with Gasteiger partial charge in [-0.3, -0.25) is 4.79 Å². The maximum absolute atomic E-state index is 11.1. The van der Waals surface area contributed by atoms with Crippen LogP contribution in [0.15, 0.2) is 0 Å². The summed E-state index contributed by atoms with van der Waals surface area (Å²) in [5, 5.41) is 3.34. The van der Waals surface area contributed by atoms with Gasteiger partial charge in [0, 0.05) is 6.42 Å². The third kappa shape index (κ3) is 5.18. The van der Waals surface area contributed by atoms with Crippen molar-refractivity contribution >= 4 is 5.97 Å². The number of terminal acetylenes is 1. The van der Waals surface area contributed by atoms with Gasteiger partial charge in [-0.2, -0.15) is 0 Å². The third-order valence-electron chi connectivity index (χ3n) is 2.81. The van der Waals surface area contributed by atoms with E-state index in [0.29, 0.717) is 13.0 Å². The van der Waals surface area contributed by atoms with Gasteiger partial charge in [0.2, 0.25) is 0 Å². The molecule has 0 spiro atoms. The molecule has 0 aliphatic rings. The van der Waals surface area contributed by atoms with Crippen molar-refractivity contribution in [1.82, 2.24) is 5.32 Å². The minimum absolute atomic E-state index is 0.136. The topological polar surface area (TPSA) is 38.3 Å². The molecule has 0 aromatic carbocycles. The molecule has 3 nitrogen and oxygen atoms in total. The Morgan fingerprint density at radius 3 is 2.44 bits per heavy atom. The van der Waals surface area contributed by atoms with Gasteiger partial charge in [0.25, 0.3) is 0 Å². The number of carbonyl (C=O) groups excluding carboxylic acids is 1. The van der Waals surface area contributed by atoms with Gasteiger partial charge in [0.1, 0.15) is 0 Å². The lowest BCUT2D eigenvalue weighted by Gasteiger charge is -2.27. The molecular formula is C13H23NO2. The number of esters is 1. The van der Waals surface area contributed by atoms with Crippen LogP contribution in [-0.2, 0) is 9.53 Å². The second-order valence-electron chi connectivity index (χ2n) is 3.77. The monoisotopic (exact) mass is 225 g/mol. The average molecular weight is 225 g/mol. The minimum atomic E-state index is -0.214. The summed E-state index contributed by atoms with van der Waals surface area (Å²) in [6, 6.07) is 0. The van der Waals surface area contributed by atoms with Crippen LogP contribution < -0.4 is 5.32 Å². The molecular weight excluding hydrogens is 202 g/mol. The van der Waals surface area contributed by atoms with Gasteiger partial charge < -0.3 is 10.1 Å². The summed E-state index contributed by atoms with van der Waals surface area (Å²) in [5.41, 5.74) is -0.214. The number of hydrogen-bond acceptors (Lipinski definition) is 3. The van der Waals surface area contributed by atoms with Gasteiger partial charge in [0.15, 0.2) is 0 Å². The summed E-state index contributed by atoms with van der Waals surface area (Å²) < 4.78 is 4.85. The molecule has 0 fully saturated rings. The summed E-state index contributed by atoms with van der Waals surface area (Å²) in [6.07, 6.45) is 8.54. The number of hydrogen-bond donors (Lipinski definition) is 1. The number of carbonyl (C=O) groups is 1. The van der Waals surface area contributed by atoms with E-state index in [4.69, 9.17) is 11.2 Å². The first-order chi connectivity index (χ1) is 7.64. The van der Waals surface area contributed by atoms with Gasteiger partial charge in [-0.25, -0.2) is 0 Å². The van der Waals surface area contributed by atoms with E-state index >= 15 is 0 Å². The van der Waals surface area contributed by atoms with Crippen LogP contribution in [0.5, 0.6) is 0 Å². The van der Waals surface area contributed by atoms with Crippen LogP contribution in [0.3, 0.4) is 0 Å². The van der Waals surface area contributed by atoms with Crippen LogP contribution in [0, 0.1) is 12.3 Å². The van der Waals surface area contributed by atoms with Gasteiger partial charge in [-0.05, 0) is 32.7 Å². The zero-order valence-corrected chi connectivity index (χ0v) is 10.6. The quantitative estimate of drug-likeness (QED) is 0.390. The van der Waals surface area contributed by atoms with Crippen LogP contribution >= 0.6 is 0 Å². The van der Waals surface area contributed by atoms with E-state index in [-0.39, 0.29) is 11.5 Å². The zero-order chi connectivity index (χ0) is 12.4. The fourth-order valence-corrected chi connectivity index (χ4v) is 1.55. The van der Waals surface area contributed by atoms with E-state index in [0.717, 1.165) is 25.8 Å². The smallest absolute Gasteiger partial charge is 0.305 e. The first-order valence-corrected chi connectivity index (χ1v) is 6.02. The van der Waals surface area contributed by atoms with E-state index < -0.39 is 0 Å². The molecule has 0 saturated carbocycles. The Hall–Kier alpha value is -1.01. The van der Waals surface area contributed by atoms with Crippen molar-refractivity contribution in [1.29, 1.82) is 0 Å². The number of rotatable bonds is 8. The highest BCUT2D eigenvalue weighted by molar-refractivity contribution is 5.69. The minimum Gasteiger partial charge on any atom is -0.466 e. The van der Waals surface area contributed by atoms with E-state index in [9.17, 15) is 4.79 Å². The molecule has 0 bridgehead atoms. The summed E-state index contributed by atoms with van der Waals surface area (Å²) >= 11 is 0. The molecule has 0 saturated heterocycles. The van der Waals surface area contributed by atoms with Gasteiger partial charge in [-0.15, -0.1) is 6.42 Å². The molecule has 16 heavy (non-hydrogen) atoms. The van der Waals surface area contributed by atoms with Gasteiger partial charge in [-0.1, -0.05) is 19.8 Å². The first-order valence-electron chi connectivity index (χ1n) is 6.02. The van der Waals surface area contributed by atoms with Crippen molar-refractivity contribution in [2.75, 3.05) is 13.2 Å². The second kappa shape index (κ2) is 8.18. The molecule has 0 rings (SSSR count). The summed E-state index contributed by atoms with van der Waals surface area (Å²) in [6.45, 7) is 7.16. The first kappa shape index (κ1) is 15.0. The lowest BCUT2D eigenvalue weighted by atomic mass is 9.94. The molecule has 92 valence electrons. The molecule has 3 heteroatoms. The highest BCUT2D eigenvalue weighted by atomic mass is 16.5. The van der Waals surface area contributed by atoms with Crippen molar-refractivity contribution in [3.63, 3.8) is 0 Å². The van der Waals surface area contributed by atoms with Crippen LogP contribution in [0.4, 0.5) is 0 Å². The van der Waals surface area contributed by atoms with E-state index in [2.05, 4.69) is 25.1 Å². The molecule has 0 aliphatic heterocycles. The SMILES string of the molecule is C#CC(CC)(CC)NCCCC(=O)OCC. The predicted octanol–water partition coefficient (Wildman–Crippen LogP) is 2.11. The lowest BCUT2D eigenvalue weighted by Crippen LogP contribution is -2.43. The molecule has 0 aromatic rings. The standard InChI is InChI=1S/C13H23NO2/c1-5-13(6-2,7-3)14-11-9-10-12(15)16-8-4/h1,14H,6-11H2,2-4H3. The van der Waals surface area contributed by atoms with Crippen LogP contribution in [0.25, 0.3) is 0 Å². The maximum Gasteiger partial charge on any atom is 0.305 e. The van der Waals surface area contributed by atoms with Crippen molar-refractivity contribution in [3.05, 3.63) is 0 Å². The van der Waals surface area contributed by atoms with Crippen molar-refractivity contribution in [2.24, 2.45) is 0 Å². The lowest BCUT2D eigenvalue weighted by molar-refractivity contribution is -0.143. The molecule has 0 unspecified atom stereocenters. The van der Waals surface area contributed by atoms with Crippen molar-refractivity contribution in [3.8, 4) is 12.3 Å². The van der Waals surface area contributed by atoms with Crippen LogP contribution in [0.2, 0.25) is 0 Å². The normalized spacial score (nSPS) is 10.9. The maximum atomic E-state index is 11.1. The zero-order valence-electron chi connectivity index (χ0n) is 10.6. The third-order valence-corrected chi connectivity index (χ3v) is 2.81. The van der Waals surface area contributed by atoms with Crippen molar-refractivity contribution < 1.29 is 9.53 Å². The molecule has 0 aliphatic carbocycles. The van der Waals surface area contributed by atoms with Gasteiger partial charge >= 0.3 is 5.97 Å². The van der Waals surface area contributed by atoms with E-state index in [1.54, 1.807) is 0 Å². The second-order valence-corrected chi connectivity index (χ2v) is 3.77. The fraction of sp³-hybridized carbons (Fsp3) is 0.769.